The van der Waals surface area contributed by atoms with E-state index in [9.17, 15) is 13.2 Å². The maximum absolute atomic E-state index is 11.8. The van der Waals surface area contributed by atoms with Gasteiger partial charge in [0.2, 0.25) is 15.9 Å². The average Bonchev–Trinajstić information content (AvgIpc) is 3.12. The zero-order valence-corrected chi connectivity index (χ0v) is 13.0. The molecular formula is C12H16N4O3S2. The van der Waals surface area contributed by atoms with Crippen LogP contribution >= 0.6 is 11.3 Å². The van der Waals surface area contributed by atoms with Crippen molar-refractivity contribution < 1.29 is 13.2 Å². The lowest BCUT2D eigenvalue weighted by atomic mass is 10.2. The molecule has 0 spiro atoms. The highest BCUT2D eigenvalue weighted by Crippen LogP contribution is 2.15. The number of hydrogen-bond acceptors (Lipinski definition) is 5. The minimum absolute atomic E-state index is 0.0597. The van der Waals surface area contributed by atoms with E-state index in [-0.39, 0.29) is 29.1 Å². The Balaban J connectivity index is 1.77. The molecule has 21 heavy (non-hydrogen) atoms. The number of rotatable bonds is 7. The Morgan fingerprint density at radius 1 is 1.52 bits per heavy atom. The van der Waals surface area contributed by atoms with Crippen LogP contribution in [0.3, 0.4) is 0 Å². The van der Waals surface area contributed by atoms with E-state index in [1.54, 1.807) is 23.8 Å². The van der Waals surface area contributed by atoms with Gasteiger partial charge in [0, 0.05) is 24.7 Å². The van der Waals surface area contributed by atoms with Gasteiger partial charge >= 0.3 is 0 Å². The van der Waals surface area contributed by atoms with Crippen molar-refractivity contribution in [2.24, 2.45) is 0 Å². The number of sulfonamides is 1. The fraction of sp³-hybridized carbons (Fsp3) is 0.333. The molecule has 0 aliphatic carbocycles. The molecular weight excluding hydrogens is 312 g/mol. The normalized spacial score (nSPS) is 13.0. The van der Waals surface area contributed by atoms with Crippen molar-refractivity contribution in [2.75, 3.05) is 6.54 Å². The molecule has 0 fully saturated rings. The fourth-order valence-electron chi connectivity index (χ4n) is 1.68. The summed E-state index contributed by atoms with van der Waals surface area (Å²) in [6.45, 7) is 1.89. The molecule has 0 saturated carbocycles. The van der Waals surface area contributed by atoms with Crippen LogP contribution in [0.4, 0.5) is 0 Å². The first-order chi connectivity index (χ1) is 9.99. The molecule has 0 aliphatic rings. The van der Waals surface area contributed by atoms with E-state index in [1.165, 1.54) is 6.07 Å². The number of amides is 1. The standard InChI is InChI=1S/C12H16N4O3S2/c1-9(10-7-13-14-8-10)16-11(17)4-5-15-21(18,19)12-3-2-6-20-12/h2-3,6-9,15H,4-5H2,1H3,(H,13,14)(H,16,17). The van der Waals surface area contributed by atoms with Gasteiger partial charge in [0.05, 0.1) is 12.2 Å². The van der Waals surface area contributed by atoms with E-state index < -0.39 is 10.0 Å². The number of carbonyl (C=O) groups is 1. The van der Waals surface area contributed by atoms with Gasteiger partial charge in [-0.25, -0.2) is 13.1 Å². The van der Waals surface area contributed by atoms with Gasteiger partial charge in [0.1, 0.15) is 4.21 Å². The van der Waals surface area contributed by atoms with Crippen molar-refractivity contribution in [1.29, 1.82) is 0 Å². The molecule has 0 radical (unpaired) electrons. The Morgan fingerprint density at radius 3 is 2.95 bits per heavy atom. The smallest absolute Gasteiger partial charge is 0.250 e. The van der Waals surface area contributed by atoms with Crippen molar-refractivity contribution in [3.8, 4) is 0 Å². The predicted octanol–water partition coefficient (Wildman–Crippen LogP) is 1.02. The van der Waals surface area contributed by atoms with Crippen molar-refractivity contribution in [3.63, 3.8) is 0 Å². The average molecular weight is 328 g/mol. The third-order valence-electron chi connectivity index (χ3n) is 2.80. The summed E-state index contributed by atoms with van der Waals surface area (Å²) in [5, 5.41) is 10.9. The van der Waals surface area contributed by atoms with E-state index in [0.717, 1.165) is 16.9 Å². The summed E-state index contributed by atoms with van der Waals surface area (Å²) in [7, 11) is -3.51. The van der Waals surface area contributed by atoms with E-state index in [2.05, 4.69) is 20.2 Å². The highest BCUT2D eigenvalue weighted by Gasteiger charge is 2.15. The number of nitrogens with one attached hydrogen (secondary N) is 3. The van der Waals surface area contributed by atoms with Crippen LogP contribution in [0.5, 0.6) is 0 Å². The van der Waals surface area contributed by atoms with Crippen LogP contribution in [-0.2, 0) is 14.8 Å². The third-order valence-corrected chi connectivity index (χ3v) is 5.66. The fourth-order valence-corrected chi connectivity index (χ4v) is 3.75. The molecule has 2 aromatic heterocycles. The van der Waals surface area contributed by atoms with Crippen LogP contribution in [0, 0.1) is 0 Å². The summed E-state index contributed by atoms with van der Waals surface area (Å²) in [6.07, 6.45) is 3.40. The number of aromatic amines is 1. The van der Waals surface area contributed by atoms with E-state index in [0.29, 0.717) is 0 Å². The first kappa shape index (κ1) is 15.7. The zero-order chi connectivity index (χ0) is 15.3. The molecule has 1 unspecified atom stereocenters. The maximum Gasteiger partial charge on any atom is 0.250 e. The molecule has 0 bridgehead atoms. The van der Waals surface area contributed by atoms with Gasteiger partial charge in [0.15, 0.2) is 0 Å². The van der Waals surface area contributed by atoms with Gasteiger partial charge in [-0.3, -0.25) is 9.89 Å². The van der Waals surface area contributed by atoms with Crippen LogP contribution in [0.25, 0.3) is 0 Å². The Morgan fingerprint density at radius 2 is 2.33 bits per heavy atom. The highest BCUT2D eigenvalue weighted by atomic mass is 32.2. The Bertz CT molecular complexity index is 665. The van der Waals surface area contributed by atoms with Gasteiger partial charge in [0.25, 0.3) is 0 Å². The molecule has 1 atom stereocenters. The molecule has 114 valence electrons. The van der Waals surface area contributed by atoms with Gasteiger partial charge < -0.3 is 5.32 Å². The van der Waals surface area contributed by atoms with Crippen molar-refractivity contribution >= 4 is 27.3 Å². The van der Waals surface area contributed by atoms with Gasteiger partial charge in [-0.1, -0.05) is 6.07 Å². The summed E-state index contributed by atoms with van der Waals surface area (Å²) < 4.78 is 26.3. The number of carbonyl (C=O) groups excluding carboxylic acids is 1. The first-order valence-corrected chi connectivity index (χ1v) is 8.66. The summed E-state index contributed by atoms with van der Waals surface area (Å²) in [5.41, 5.74) is 0.863. The van der Waals surface area contributed by atoms with Crippen LogP contribution in [0.1, 0.15) is 24.9 Å². The van der Waals surface area contributed by atoms with Crippen LogP contribution in [-0.4, -0.2) is 31.1 Å². The molecule has 9 heteroatoms. The Labute approximate surface area is 126 Å². The molecule has 2 rings (SSSR count). The lowest BCUT2D eigenvalue weighted by Gasteiger charge is -2.12. The molecule has 0 saturated heterocycles. The first-order valence-electron chi connectivity index (χ1n) is 6.30. The van der Waals surface area contributed by atoms with E-state index in [1.807, 2.05) is 6.92 Å². The predicted molar refractivity (Wildman–Crippen MR) is 79.3 cm³/mol. The van der Waals surface area contributed by atoms with Gasteiger partial charge in [-0.05, 0) is 18.4 Å². The monoisotopic (exact) mass is 328 g/mol. The SMILES string of the molecule is CC(NC(=O)CCNS(=O)(=O)c1cccs1)c1cn[nH]c1. The highest BCUT2D eigenvalue weighted by molar-refractivity contribution is 7.91. The Hall–Kier alpha value is -1.71. The summed E-state index contributed by atoms with van der Waals surface area (Å²) in [6, 6.07) is 3.01. The topological polar surface area (TPSA) is 104 Å². The quantitative estimate of drug-likeness (QED) is 0.706. The zero-order valence-electron chi connectivity index (χ0n) is 11.4. The lowest BCUT2D eigenvalue weighted by molar-refractivity contribution is -0.121. The summed E-state index contributed by atoms with van der Waals surface area (Å²) in [5.74, 6) is -0.224. The van der Waals surface area contributed by atoms with E-state index in [4.69, 9.17) is 0 Å². The lowest BCUT2D eigenvalue weighted by Crippen LogP contribution is -2.31. The molecule has 1 amide bonds. The van der Waals surface area contributed by atoms with Crippen LogP contribution in [0.2, 0.25) is 0 Å². The number of nitrogens with zero attached hydrogens (tertiary/aromatic N) is 1. The van der Waals surface area contributed by atoms with Crippen molar-refractivity contribution in [1.82, 2.24) is 20.2 Å². The number of H-pyrrole nitrogens is 1. The summed E-state index contributed by atoms with van der Waals surface area (Å²) in [4.78, 5) is 11.7. The van der Waals surface area contributed by atoms with Crippen LogP contribution < -0.4 is 10.0 Å². The second-order valence-corrected chi connectivity index (χ2v) is 7.34. The van der Waals surface area contributed by atoms with Gasteiger partial charge in [-0.2, -0.15) is 5.10 Å². The minimum Gasteiger partial charge on any atom is -0.349 e. The number of thiophene rings is 1. The molecule has 2 aromatic rings. The third kappa shape index (κ3) is 4.38. The largest absolute Gasteiger partial charge is 0.349 e. The second-order valence-electron chi connectivity index (χ2n) is 4.40. The molecule has 7 nitrogen and oxygen atoms in total. The molecule has 0 aliphatic heterocycles. The number of hydrogen-bond donors (Lipinski definition) is 3. The minimum atomic E-state index is -3.51. The molecule has 3 N–H and O–H groups in total. The second kappa shape index (κ2) is 6.83. The summed E-state index contributed by atoms with van der Waals surface area (Å²) >= 11 is 1.14. The van der Waals surface area contributed by atoms with Crippen LogP contribution in [0.15, 0.2) is 34.1 Å². The Kier molecular flexibility index (Phi) is 5.10. The molecule has 2 heterocycles. The molecule has 0 aromatic carbocycles. The van der Waals surface area contributed by atoms with Crippen molar-refractivity contribution in [3.05, 3.63) is 35.5 Å². The number of aromatic nitrogens is 2. The van der Waals surface area contributed by atoms with Gasteiger partial charge in [-0.15, -0.1) is 11.3 Å². The van der Waals surface area contributed by atoms with E-state index >= 15 is 0 Å². The van der Waals surface area contributed by atoms with Crippen molar-refractivity contribution in [2.45, 2.75) is 23.6 Å². The maximum atomic E-state index is 11.8.